The fourth-order valence-electron chi connectivity index (χ4n) is 1.70. The lowest BCUT2D eigenvalue weighted by atomic mass is 10.2. The zero-order chi connectivity index (χ0) is 14.5. The number of phenols is 1. The number of amides is 2. The van der Waals surface area contributed by atoms with Crippen molar-refractivity contribution in [1.29, 1.82) is 5.26 Å². The van der Waals surface area contributed by atoms with Gasteiger partial charge in [-0.15, -0.1) is 0 Å². The van der Waals surface area contributed by atoms with Crippen molar-refractivity contribution in [1.82, 2.24) is 0 Å². The average Bonchev–Trinajstić information content (AvgIpc) is 2.43. The van der Waals surface area contributed by atoms with E-state index in [2.05, 4.69) is 10.6 Å². The zero-order valence-electron chi connectivity index (χ0n) is 10.8. The normalized spacial score (nSPS) is 9.60. The first-order valence-electron chi connectivity index (χ1n) is 5.96. The first-order valence-corrected chi connectivity index (χ1v) is 5.96. The summed E-state index contributed by atoms with van der Waals surface area (Å²) < 4.78 is 0. The van der Waals surface area contributed by atoms with Crippen LogP contribution < -0.4 is 10.6 Å². The van der Waals surface area contributed by atoms with Gasteiger partial charge in [-0.2, -0.15) is 5.26 Å². The van der Waals surface area contributed by atoms with E-state index < -0.39 is 0 Å². The number of rotatable bonds is 2. The number of carbonyl (C=O) groups excluding carboxylic acids is 1. The van der Waals surface area contributed by atoms with Crippen LogP contribution in [0.4, 0.5) is 16.2 Å². The van der Waals surface area contributed by atoms with Crippen LogP contribution in [0.2, 0.25) is 0 Å². The molecule has 0 saturated carbocycles. The molecule has 20 heavy (non-hydrogen) atoms. The molecular weight excluding hydrogens is 254 g/mol. The molecule has 0 heterocycles. The van der Waals surface area contributed by atoms with E-state index in [0.29, 0.717) is 16.9 Å². The smallest absolute Gasteiger partial charge is 0.323 e. The summed E-state index contributed by atoms with van der Waals surface area (Å²) in [5.41, 5.74) is 2.51. The molecule has 0 atom stereocenters. The monoisotopic (exact) mass is 267 g/mol. The second-order valence-electron chi connectivity index (χ2n) is 4.27. The van der Waals surface area contributed by atoms with Crippen LogP contribution in [0.1, 0.15) is 11.1 Å². The van der Waals surface area contributed by atoms with E-state index in [4.69, 9.17) is 5.26 Å². The Morgan fingerprint density at radius 3 is 2.45 bits per heavy atom. The molecule has 0 aliphatic heterocycles. The van der Waals surface area contributed by atoms with Crippen molar-refractivity contribution in [2.24, 2.45) is 0 Å². The molecule has 0 spiro atoms. The largest absolute Gasteiger partial charge is 0.508 e. The molecule has 2 rings (SSSR count). The van der Waals surface area contributed by atoms with Gasteiger partial charge >= 0.3 is 6.03 Å². The van der Waals surface area contributed by atoms with Crippen molar-refractivity contribution in [3.8, 4) is 11.8 Å². The van der Waals surface area contributed by atoms with E-state index in [1.54, 1.807) is 43.3 Å². The number of aromatic hydroxyl groups is 1. The van der Waals surface area contributed by atoms with Gasteiger partial charge < -0.3 is 15.7 Å². The standard InChI is InChI=1S/C15H13N3O2/c1-10-8-13(19)6-7-14(10)18-15(20)17-12-4-2-11(9-16)3-5-12/h2-8,19H,1H3,(H2,17,18,20). The topological polar surface area (TPSA) is 85.2 Å². The lowest BCUT2D eigenvalue weighted by molar-refractivity contribution is 0.262. The maximum Gasteiger partial charge on any atom is 0.323 e. The number of aryl methyl sites for hydroxylation is 1. The van der Waals surface area contributed by atoms with Crippen LogP contribution >= 0.6 is 0 Å². The van der Waals surface area contributed by atoms with Gasteiger partial charge in [0.1, 0.15) is 5.75 Å². The zero-order valence-corrected chi connectivity index (χ0v) is 10.8. The third-order valence-corrected chi connectivity index (χ3v) is 2.73. The predicted molar refractivity (Wildman–Crippen MR) is 76.6 cm³/mol. The molecule has 0 saturated heterocycles. The Hall–Kier alpha value is -3.00. The summed E-state index contributed by atoms with van der Waals surface area (Å²) in [7, 11) is 0. The van der Waals surface area contributed by atoms with Crippen LogP contribution in [0, 0.1) is 18.3 Å². The SMILES string of the molecule is Cc1cc(O)ccc1NC(=O)Nc1ccc(C#N)cc1. The molecule has 3 N–H and O–H groups in total. The van der Waals surface area contributed by atoms with E-state index in [1.165, 1.54) is 6.07 Å². The number of nitrogens with one attached hydrogen (secondary N) is 2. The summed E-state index contributed by atoms with van der Waals surface area (Å²) in [6, 6.07) is 12.9. The van der Waals surface area contributed by atoms with Gasteiger partial charge in [0.05, 0.1) is 11.6 Å². The lowest BCUT2D eigenvalue weighted by Crippen LogP contribution is -2.19. The highest BCUT2D eigenvalue weighted by Crippen LogP contribution is 2.20. The minimum Gasteiger partial charge on any atom is -0.508 e. The predicted octanol–water partition coefficient (Wildman–Crippen LogP) is 3.22. The molecule has 0 aliphatic rings. The summed E-state index contributed by atoms with van der Waals surface area (Å²) in [5.74, 6) is 0.153. The number of phenolic OH excluding ortho intramolecular Hbond substituents is 1. The number of anilines is 2. The van der Waals surface area contributed by atoms with Gasteiger partial charge in [0, 0.05) is 11.4 Å². The maximum atomic E-state index is 11.8. The van der Waals surface area contributed by atoms with E-state index in [1.807, 2.05) is 6.07 Å². The van der Waals surface area contributed by atoms with E-state index in [-0.39, 0.29) is 11.8 Å². The summed E-state index contributed by atoms with van der Waals surface area (Å²) in [4.78, 5) is 11.8. The lowest BCUT2D eigenvalue weighted by Gasteiger charge is -2.10. The summed E-state index contributed by atoms with van der Waals surface area (Å²) in [5, 5.41) is 23.3. The molecule has 0 fully saturated rings. The molecule has 5 nitrogen and oxygen atoms in total. The highest BCUT2D eigenvalue weighted by molar-refractivity contribution is 6.00. The van der Waals surface area contributed by atoms with Gasteiger partial charge in [-0.1, -0.05) is 0 Å². The van der Waals surface area contributed by atoms with E-state index in [9.17, 15) is 9.90 Å². The van der Waals surface area contributed by atoms with Crippen LogP contribution in [-0.4, -0.2) is 11.1 Å². The first-order chi connectivity index (χ1) is 9.58. The van der Waals surface area contributed by atoms with Crippen LogP contribution in [0.3, 0.4) is 0 Å². The second-order valence-corrected chi connectivity index (χ2v) is 4.27. The van der Waals surface area contributed by atoms with Crippen molar-refractivity contribution in [3.05, 3.63) is 53.6 Å². The minimum absolute atomic E-state index is 0.153. The van der Waals surface area contributed by atoms with Gasteiger partial charge in [0.25, 0.3) is 0 Å². The Morgan fingerprint density at radius 2 is 1.85 bits per heavy atom. The van der Waals surface area contributed by atoms with Crippen molar-refractivity contribution in [2.75, 3.05) is 10.6 Å². The quantitative estimate of drug-likeness (QED) is 0.730. The average molecular weight is 267 g/mol. The van der Waals surface area contributed by atoms with Crippen molar-refractivity contribution < 1.29 is 9.90 Å². The number of benzene rings is 2. The van der Waals surface area contributed by atoms with Crippen molar-refractivity contribution in [3.63, 3.8) is 0 Å². The van der Waals surface area contributed by atoms with Crippen molar-refractivity contribution >= 4 is 17.4 Å². The fraction of sp³-hybridized carbons (Fsp3) is 0.0667. The Morgan fingerprint density at radius 1 is 1.15 bits per heavy atom. The maximum absolute atomic E-state index is 11.8. The molecule has 0 unspecified atom stereocenters. The Kier molecular flexibility index (Phi) is 3.87. The highest BCUT2D eigenvalue weighted by atomic mass is 16.3. The summed E-state index contributed by atoms with van der Waals surface area (Å²) >= 11 is 0. The molecule has 0 radical (unpaired) electrons. The highest BCUT2D eigenvalue weighted by Gasteiger charge is 2.05. The van der Waals surface area contributed by atoms with Crippen LogP contribution in [0.15, 0.2) is 42.5 Å². The third-order valence-electron chi connectivity index (χ3n) is 2.73. The second kappa shape index (κ2) is 5.76. The molecular formula is C15H13N3O2. The Bertz CT molecular complexity index is 673. The number of nitriles is 1. The molecule has 2 aromatic carbocycles. The molecule has 2 amide bonds. The summed E-state index contributed by atoms with van der Waals surface area (Å²) in [6.45, 7) is 1.79. The Balaban J connectivity index is 2.03. The number of hydrogen-bond donors (Lipinski definition) is 3. The fourth-order valence-corrected chi connectivity index (χ4v) is 1.70. The summed E-state index contributed by atoms with van der Waals surface area (Å²) in [6.07, 6.45) is 0. The molecule has 0 aliphatic carbocycles. The Labute approximate surface area is 116 Å². The van der Waals surface area contributed by atoms with Crippen LogP contribution in [0.5, 0.6) is 5.75 Å². The number of hydrogen-bond acceptors (Lipinski definition) is 3. The van der Waals surface area contributed by atoms with Gasteiger partial charge in [0.15, 0.2) is 0 Å². The number of urea groups is 1. The minimum atomic E-state index is -0.386. The third kappa shape index (κ3) is 3.27. The first kappa shape index (κ1) is 13.4. The van der Waals surface area contributed by atoms with Gasteiger partial charge in [-0.3, -0.25) is 0 Å². The van der Waals surface area contributed by atoms with Crippen LogP contribution in [-0.2, 0) is 0 Å². The van der Waals surface area contributed by atoms with E-state index >= 15 is 0 Å². The van der Waals surface area contributed by atoms with Gasteiger partial charge in [-0.05, 0) is 55.0 Å². The number of carbonyl (C=O) groups is 1. The van der Waals surface area contributed by atoms with Crippen molar-refractivity contribution in [2.45, 2.75) is 6.92 Å². The van der Waals surface area contributed by atoms with Gasteiger partial charge in [-0.25, -0.2) is 4.79 Å². The molecule has 0 aromatic heterocycles. The van der Waals surface area contributed by atoms with Crippen LogP contribution in [0.25, 0.3) is 0 Å². The molecule has 2 aromatic rings. The van der Waals surface area contributed by atoms with E-state index in [0.717, 1.165) is 5.56 Å². The molecule has 5 heteroatoms. The molecule has 0 bridgehead atoms. The molecule has 100 valence electrons. The number of nitrogens with zero attached hydrogens (tertiary/aromatic N) is 1. The van der Waals surface area contributed by atoms with Gasteiger partial charge in [0.2, 0.25) is 0 Å².